The molecule has 1 aromatic rings. The first kappa shape index (κ1) is 8.79. The van der Waals surface area contributed by atoms with Crippen LogP contribution in [0.1, 0.15) is 38.0 Å². The molecule has 0 unspecified atom stereocenters. The van der Waals surface area contributed by atoms with Gasteiger partial charge in [0.2, 0.25) is 0 Å². The maximum Gasteiger partial charge on any atom is 0.00786 e. The summed E-state index contributed by atoms with van der Waals surface area (Å²) in [6, 6.07) is 4.39. The van der Waals surface area contributed by atoms with Crippen LogP contribution in [-0.4, -0.2) is 0 Å². The van der Waals surface area contributed by atoms with E-state index in [1.165, 1.54) is 6.42 Å². The molecule has 0 aliphatic carbocycles. The van der Waals surface area contributed by atoms with Crippen molar-refractivity contribution in [1.29, 1.82) is 0 Å². The summed E-state index contributed by atoms with van der Waals surface area (Å²) >= 11 is 1.88. The van der Waals surface area contributed by atoms with Crippen LogP contribution in [0.4, 0.5) is 0 Å². The van der Waals surface area contributed by atoms with E-state index in [9.17, 15) is 0 Å². The lowest BCUT2D eigenvalue weighted by Gasteiger charge is -2.16. The van der Waals surface area contributed by atoms with Gasteiger partial charge in [0.15, 0.2) is 0 Å². The van der Waals surface area contributed by atoms with Crippen molar-refractivity contribution in [3.63, 3.8) is 0 Å². The van der Waals surface area contributed by atoms with Crippen molar-refractivity contribution in [2.24, 2.45) is 5.92 Å². The Kier molecular flexibility index (Phi) is 3.13. The first-order valence-electron chi connectivity index (χ1n) is 4.29. The summed E-state index contributed by atoms with van der Waals surface area (Å²) in [4.78, 5) is 1.54. The zero-order valence-electron chi connectivity index (χ0n) is 7.50. The van der Waals surface area contributed by atoms with Crippen molar-refractivity contribution in [1.82, 2.24) is 0 Å². The van der Waals surface area contributed by atoms with Crippen LogP contribution in [0.15, 0.2) is 17.5 Å². The molecule has 0 spiro atoms. The van der Waals surface area contributed by atoms with Crippen LogP contribution in [0.25, 0.3) is 0 Å². The average molecular weight is 168 g/mol. The highest BCUT2D eigenvalue weighted by Gasteiger charge is 2.13. The van der Waals surface area contributed by atoms with Gasteiger partial charge >= 0.3 is 0 Å². The van der Waals surface area contributed by atoms with E-state index in [2.05, 4.69) is 38.3 Å². The van der Waals surface area contributed by atoms with Gasteiger partial charge in [0.25, 0.3) is 0 Å². The lowest BCUT2D eigenvalue weighted by Crippen LogP contribution is -2.02. The van der Waals surface area contributed by atoms with Gasteiger partial charge < -0.3 is 0 Å². The molecule has 1 atom stereocenters. The molecule has 1 aromatic heterocycles. The zero-order chi connectivity index (χ0) is 8.27. The van der Waals surface area contributed by atoms with Crippen LogP contribution in [0.2, 0.25) is 0 Å². The summed E-state index contributed by atoms with van der Waals surface area (Å²) in [5.41, 5.74) is 0. The van der Waals surface area contributed by atoms with E-state index in [4.69, 9.17) is 0 Å². The van der Waals surface area contributed by atoms with E-state index in [0.29, 0.717) is 0 Å². The molecule has 0 nitrogen and oxygen atoms in total. The summed E-state index contributed by atoms with van der Waals surface area (Å²) in [5, 5.41) is 2.17. The van der Waals surface area contributed by atoms with Crippen LogP contribution < -0.4 is 0 Å². The van der Waals surface area contributed by atoms with Crippen molar-refractivity contribution < 1.29 is 0 Å². The predicted octanol–water partition coefficient (Wildman–Crippen LogP) is 3.90. The van der Waals surface area contributed by atoms with E-state index in [1.807, 2.05) is 11.3 Å². The summed E-state index contributed by atoms with van der Waals surface area (Å²) in [7, 11) is 0. The fourth-order valence-corrected chi connectivity index (χ4v) is 2.59. The lowest BCUT2D eigenvalue weighted by molar-refractivity contribution is 0.492. The van der Waals surface area contributed by atoms with Crippen LogP contribution in [0, 0.1) is 5.92 Å². The van der Waals surface area contributed by atoms with E-state index < -0.39 is 0 Å². The molecular formula is C10H16S. The topological polar surface area (TPSA) is 0 Å². The van der Waals surface area contributed by atoms with Crippen LogP contribution in [-0.2, 0) is 0 Å². The minimum Gasteiger partial charge on any atom is -0.149 e. The van der Waals surface area contributed by atoms with Gasteiger partial charge in [-0.3, -0.25) is 0 Å². The van der Waals surface area contributed by atoms with Gasteiger partial charge in [-0.2, -0.15) is 0 Å². The van der Waals surface area contributed by atoms with Gasteiger partial charge in [-0.1, -0.05) is 26.8 Å². The molecule has 0 aliphatic rings. The Hall–Kier alpha value is -0.300. The molecular weight excluding hydrogens is 152 g/mol. The number of rotatable bonds is 3. The molecule has 0 amide bonds. The predicted molar refractivity (Wildman–Crippen MR) is 52.2 cm³/mol. The summed E-state index contributed by atoms with van der Waals surface area (Å²) in [5.74, 6) is 1.55. The average Bonchev–Trinajstić information content (AvgIpc) is 2.40. The molecule has 62 valence electrons. The summed E-state index contributed by atoms with van der Waals surface area (Å²) in [6.45, 7) is 6.87. The Labute approximate surface area is 73.3 Å². The molecule has 1 heterocycles. The highest BCUT2D eigenvalue weighted by Crippen LogP contribution is 2.30. The lowest BCUT2D eigenvalue weighted by atomic mass is 9.92. The molecule has 0 N–H and O–H groups in total. The molecule has 0 saturated carbocycles. The Bertz CT molecular complexity index is 187. The Balaban J connectivity index is 2.71. The molecule has 0 fully saturated rings. The first-order chi connectivity index (χ1) is 5.25. The fraction of sp³-hybridized carbons (Fsp3) is 0.600. The summed E-state index contributed by atoms with van der Waals surface area (Å²) in [6.07, 6.45) is 1.26. The van der Waals surface area contributed by atoms with Gasteiger partial charge in [0, 0.05) is 4.88 Å². The SMILES string of the molecule is CC[C@H](c1cccs1)C(C)C. The largest absolute Gasteiger partial charge is 0.149 e. The Morgan fingerprint density at radius 2 is 2.18 bits per heavy atom. The highest BCUT2D eigenvalue weighted by atomic mass is 32.1. The molecule has 0 bridgehead atoms. The van der Waals surface area contributed by atoms with E-state index in [0.717, 1.165) is 11.8 Å². The monoisotopic (exact) mass is 168 g/mol. The maximum absolute atomic E-state index is 2.30. The number of hydrogen-bond donors (Lipinski definition) is 0. The van der Waals surface area contributed by atoms with E-state index in [1.54, 1.807) is 4.88 Å². The van der Waals surface area contributed by atoms with Gasteiger partial charge in [0.1, 0.15) is 0 Å². The van der Waals surface area contributed by atoms with Gasteiger partial charge in [0.05, 0.1) is 0 Å². The van der Waals surface area contributed by atoms with Crippen LogP contribution >= 0.6 is 11.3 Å². The van der Waals surface area contributed by atoms with Crippen molar-refractivity contribution >= 4 is 11.3 Å². The second-order valence-corrected chi connectivity index (χ2v) is 4.25. The maximum atomic E-state index is 2.30. The summed E-state index contributed by atoms with van der Waals surface area (Å²) < 4.78 is 0. The molecule has 0 aliphatic heterocycles. The van der Waals surface area contributed by atoms with Crippen LogP contribution in [0.5, 0.6) is 0 Å². The third-order valence-electron chi connectivity index (χ3n) is 2.15. The molecule has 11 heavy (non-hydrogen) atoms. The number of thiophene rings is 1. The fourth-order valence-electron chi connectivity index (χ4n) is 1.50. The minimum absolute atomic E-state index is 0.773. The smallest absolute Gasteiger partial charge is 0.00786 e. The first-order valence-corrected chi connectivity index (χ1v) is 5.17. The van der Waals surface area contributed by atoms with E-state index in [-0.39, 0.29) is 0 Å². The second-order valence-electron chi connectivity index (χ2n) is 3.27. The second kappa shape index (κ2) is 3.91. The number of hydrogen-bond acceptors (Lipinski definition) is 1. The molecule has 0 aromatic carbocycles. The highest BCUT2D eigenvalue weighted by molar-refractivity contribution is 7.10. The van der Waals surface area contributed by atoms with Crippen LogP contribution in [0.3, 0.4) is 0 Å². The van der Waals surface area contributed by atoms with Gasteiger partial charge in [-0.25, -0.2) is 0 Å². The third kappa shape index (κ3) is 2.06. The van der Waals surface area contributed by atoms with Crippen molar-refractivity contribution in [3.8, 4) is 0 Å². The van der Waals surface area contributed by atoms with Crippen molar-refractivity contribution in [2.45, 2.75) is 33.1 Å². The molecule has 1 rings (SSSR count). The van der Waals surface area contributed by atoms with Crippen molar-refractivity contribution in [2.75, 3.05) is 0 Å². The zero-order valence-corrected chi connectivity index (χ0v) is 8.32. The normalized spacial score (nSPS) is 13.8. The van der Waals surface area contributed by atoms with Crippen molar-refractivity contribution in [3.05, 3.63) is 22.4 Å². The van der Waals surface area contributed by atoms with Gasteiger partial charge in [-0.15, -0.1) is 11.3 Å². The molecule has 1 heteroatoms. The van der Waals surface area contributed by atoms with Gasteiger partial charge in [-0.05, 0) is 29.7 Å². The Morgan fingerprint density at radius 3 is 2.55 bits per heavy atom. The standard InChI is InChI=1S/C10H16S/c1-4-9(8(2)3)10-6-5-7-11-10/h5-9H,4H2,1-3H3/t9-/m0/s1. The minimum atomic E-state index is 0.773. The third-order valence-corrected chi connectivity index (χ3v) is 3.16. The van der Waals surface area contributed by atoms with E-state index >= 15 is 0 Å². The molecule has 0 radical (unpaired) electrons. The quantitative estimate of drug-likeness (QED) is 0.642. The molecule has 0 saturated heterocycles. The Morgan fingerprint density at radius 1 is 1.45 bits per heavy atom.